The number of nitrogens with one attached hydrogen (secondary N) is 2. The monoisotopic (exact) mass is 339 g/mol. The first-order chi connectivity index (χ1) is 12.0. The van der Waals surface area contributed by atoms with Gasteiger partial charge in [-0.05, 0) is 25.0 Å². The molecule has 7 heteroatoms. The van der Waals surface area contributed by atoms with Gasteiger partial charge >= 0.3 is 0 Å². The SMILES string of the molecule is CN(C)c1cc(-c2ccc(C(=O)N[C@H]3CCCNC3=O)cc2)ncn1. The van der Waals surface area contributed by atoms with E-state index in [1.165, 1.54) is 6.33 Å². The molecule has 1 aromatic carbocycles. The number of anilines is 1. The van der Waals surface area contributed by atoms with E-state index >= 15 is 0 Å². The molecule has 0 radical (unpaired) electrons. The maximum Gasteiger partial charge on any atom is 0.251 e. The van der Waals surface area contributed by atoms with Gasteiger partial charge in [0.1, 0.15) is 18.2 Å². The lowest BCUT2D eigenvalue weighted by Crippen LogP contribution is -2.50. The van der Waals surface area contributed by atoms with Gasteiger partial charge in [0, 0.05) is 37.8 Å². The van der Waals surface area contributed by atoms with Gasteiger partial charge in [-0.1, -0.05) is 12.1 Å². The Bertz CT molecular complexity index is 773. The molecular formula is C18H21N5O2. The van der Waals surface area contributed by atoms with Crippen LogP contribution < -0.4 is 15.5 Å². The fourth-order valence-corrected chi connectivity index (χ4v) is 2.69. The zero-order valence-corrected chi connectivity index (χ0v) is 14.3. The second kappa shape index (κ2) is 7.29. The number of carbonyl (C=O) groups excluding carboxylic acids is 2. The molecule has 130 valence electrons. The molecule has 3 rings (SSSR count). The molecular weight excluding hydrogens is 318 g/mol. The zero-order valence-electron chi connectivity index (χ0n) is 14.3. The van der Waals surface area contributed by atoms with Crippen LogP contribution >= 0.6 is 0 Å². The highest BCUT2D eigenvalue weighted by Crippen LogP contribution is 2.20. The Labute approximate surface area is 146 Å². The number of hydrogen-bond acceptors (Lipinski definition) is 5. The molecule has 1 fully saturated rings. The molecule has 2 N–H and O–H groups in total. The van der Waals surface area contributed by atoms with Crippen LogP contribution in [-0.4, -0.2) is 48.5 Å². The van der Waals surface area contributed by atoms with Crippen molar-refractivity contribution in [3.8, 4) is 11.3 Å². The number of rotatable bonds is 4. The third-order valence-electron chi connectivity index (χ3n) is 4.14. The number of aromatic nitrogens is 2. The van der Waals surface area contributed by atoms with Gasteiger partial charge in [-0.15, -0.1) is 0 Å². The van der Waals surface area contributed by atoms with E-state index in [-0.39, 0.29) is 11.8 Å². The van der Waals surface area contributed by atoms with Crippen molar-refractivity contribution in [3.05, 3.63) is 42.2 Å². The maximum atomic E-state index is 12.3. The molecule has 1 aromatic heterocycles. The molecule has 0 unspecified atom stereocenters. The summed E-state index contributed by atoms with van der Waals surface area (Å²) in [5.74, 6) is 0.453. The van der Waals surface area contributed by atoms with Gasteiger partial charge in [0.25, 0.3) is 5.91 Å². The predicted octanol–water partition coefficient (Wildman–Crippen LogP) is 1.22. The van der Waals surface area contributed by atoms with Crippen molar-refractivity contribution < 1.29 is 9.59 Å². The molecule has 25 heavy (non-hydrogen) atoms. The van der Waals surface area contributed by atoms with E-state index in [0.717, 1.165) is 23.5 Å². The van der Waals surface area contributed by atoms with Crippen LogP contribution in [0.5, 0.6) is 0 Å². The fraction of sp³-hybridized carbons (Fsp3) is 0.333. The van der Waals surface area contributed by atoms with Crippen molar-refractivity contribution >= 4 is 17.6 Å². The average Bonchev–Trinajstić information content (AvgIpc) is 2.64. The minimum atomic E-state index is -0.453. The summed E-state index contributed by atoms with van der Waals surface area (Å²) in [5.41, 5.74) is 2.21. The second-order valence-corrected chi connectivity index (χ2v) is 6.19. The topological polar surface area (TPSA) is 87.2 Å². The van der Waals surface area contributed by atoms with E-state index in [4.69, 9.17) is 0 Å². The quantitative estimate of drug-likeness (QED) is 0.874. The highest BCUT2D eigenvalue weighted by Gasteiger charge is 2.23. The van der Waals surface area contributed by atoms with Crippen LogP contribution in [0.2, 0.25) is 0 Å². The highest BCUT2D eigenvalue weighted by molar-refractivity contribution is 5.98. The van der Waals surface area contributed by atoms with Gasteiger partial charge in [0.15, 0.2) is 0 Å². The van der Waals surface area contributed by atoms with Crippen LogP contribution in [0.15, 0.2) is 36.7 Å². The van der Waals surface area contributed by atoms with E-state index in [2.05, 4.69) is 20.6 Å². The lowest BCUT2D eigenvalue weighted by atomic mass is 10.0. The summed E-state index contributed by atoms with van der Waals surface area (Å²) >= 11 is 0. The third-order valence-corrected chi connectivity index (χ3v) is 4.14. The normalized spacial score (nSPS) is 16.9. The second-order valence-electron chi connectivity index (χ2n) is 6.19. The van der Waals surface area contributed by atoms with Crippen LogP contribution in [0.4, 0.5) is 5.82 Å². The Morgan fingerprint density at radius 1 is 1.24 bits per heavy atom. The van der Waals surface area contributed by atoms with Gasteiger partial charge in [0.05, 0.1) is 5.69 Å². The van der Waals surface area contributed by atoms with Crippen molar-refractivity contribution in [1.29, 1.82) is 0 Å². The maximum absolute atomic E-state index is 12.3. The zero-order chi connectivity index (χ0) is 17.8. The van der Waals surface area contributed by atoms with E-state index in [0.29, 0.717) is 18.5 Å². The molecule has 1 aliphatic heterocycles. The molecule has 1 atom stereocenters. The van der Waals surface area contributed by atoms with Crippen LogP contribution in [0.1, 0.15) is 23.2 Å². The number of hydrogen-bond donors (Lipinski definition) is 2. The largest absolute Gasteiger partial charge is 0.363 e. The molecule has 1 aliphatic rings. The number of piperidine rings is 1. The van der Waals surface area contributed by atoms with E-state index in [1.54, 1.807) is 12.1 Å². The standard InChI is InChI=1S/C18H21N5O2/c1-23(2)16-10-15(20-11-21-16)12-5-7-13(8-6-12)17(24)22-14-4-3-9-19-18(14)25/h5-8,10-11,14H,3-4,9H2,1-2H3,(H,19,25)(H,22,24)/t14-/m0/s1. The summed E-state index contributed by atoms with van der Waals surface area (Å²) in [4.78, 5) is 34.4. The Kier molecular flexibility index (Phi) is 4.92. The molecule has 2 heterocycles. The molecule has 0 spiro atoms. The lowest BCUT2D eigenvalue weighted by Gasteiger charge is -2.22. The Balaban J connectivity index is 1.72. The number of nitrogens with zero attached hydrogens (tertiary/aromatic N) is 3. The van der Waals surface area contributed by atoms with Gasteiger partial charge < -0.3 is 15.5 Å². The third kappa shape index (κ3) is 3.93. The highest BCUT2D eigenvalue weighted by atomic mass is 16.2. The number of benzene rings is 1. The Morgan fingerprint density at radius 3 is 2.68 bits per heavy atom. The predicted molar refractivity (Wildman–Crippen MR) is 95.3 cm³/mol. The first-order valence-electron chi connectivity index (χ1n) is 8.23. The van der Waals surface area contributed by atoms with Crippen LogP contribution in [0.3, 0.4) is 0 Å². The van der Waals surface area contributed by atoms with Gasteiger partial charge in [-0.3, -0.25) is 9.59 Å². The Morgan fingerprint density at radius 2 is 2.00 bits per heavy atom. The van der Waals surface area contributed by atoms with Crippen molar-refractivity contribution in [3.63, 3.8) is 0 Å². The van der Waals surface area contributed by atoms with Crippen molar-refractivity contribution in [2.45, 2.75) is 18.9 Å². The molecule has 7 nitrogen and oxygen atoms in total. The lowest BCUT2D eigenvalue weighted by molar-refractivity contribution is -0.124. The van der Waals surface area contributed by atoms with Crippen molar-refractivity contribution in [2.24, 2.45) is 0 Å². The number of amides is 2. The van der Waals surface area contributed by atoms with E-state index in [9.17, 15) is 9.59 Å². The summed E-state index contributed by atoms with van der Waals surface area (Å²) in [6, 6.07) is 8.60. The number of carbonyl (C=O) groups is 2. The van der Waals surface area contributed by atoms with Crippen LogP contribution in [-0.2, 0) is 4.79 Å². The summed E-state index contributed by atoms with van der Waals surface area (Å²) in [6.45, 7) is 0.674. The smallest absolute Gasteiger partial charge is 0.251 e. The molecule has 0 saturated carbocycles. The molecule has 0 bridgehead atoms. The van der Waals surface area contributed by atoms with E-state index < -0.39 is 6.04 Å². The Hall–Kier alpha value is -2.96. The van der Waals surface area contributed by atoms with Crippen molar-refractivity contribution in [2.75, 3.05) is 25.5 Å². The van der Waals surface area contributed by atoms with Gasteiger partial charge in [-0.2, -0.15) is 0 Å². The molecule has 0 aliphatic carbocycles. The van der Waals surface area contributed by atoms with E-state index in [1.807, 2.05) is 37.2 Å². The first kappa shape index (κ1) is 16.9. The summed E-state index contributed by atoms with van der Waals surface area (Å²) in [5, 5.41) is 5.55. The minimum absolute atomic E-state index is 0.117. The minimum Gasteiger partial charge on any atom is -0.363 e. The van der Waals surface area contributed by atoms with Crippen LogP contribution in [0, 0.1) is 0 Å². The molecule has 2 aromatic rings. The van der Waals surface area contributed by atoms with Gasteiger partial charge in [-0.25, -0.2) is 9.97 Å². The summed E-state index contributed by atoms with van der Waals surface area (Å²) < 4.78 is 0. The summed E-state index contributed by atoms with van der Waals surface area (Å²) in [6.07, 6.45) is 3.06. The first-order valence-corrected chi connectivity index (χ1v) is 8.23. The summed E-state index contributed by atoms with van der Waals surface area (Å²) in [7, 11) is 3.84. The molecule has 1 saturated heterocycles. The van der Waals surface area contributed by atoms with Crippen LogP contribution in [0.25, 0.3) is 11.3 Å². The van der Waals surface area contributed by atoms with Gasteiger partial charge in [0.2, 0.25) is 5.91 Å². The average molecular weight is 339 g/mol. The molecule has 2 amide bonds. The fourth-order valence-electron chi connectivity index (χ4n) is 2.69. The van der Waals surface area contributed by atoms with Crippen molar-refractivity contribution in [1.82, 2.24) is 20.6 Å².